The third kappa shape index (κ3) is 3.85. The Morgan fingerprint density at radius 2 is 1.81 bits per heavy atom. The van der Waals surface area contributed by atoms with Crippen molar-refractivity contribution >= 4 is 23.2 Å². The lowest BCUT2D eigenvalue weighted by Crippen LogP contribution is -2.25. The second-order valence-corrected chi connectivity index (χ2v) is 5.33. The Morgan fingerprint density at radius 1 is 1.25 bits per heavy atom. The molecule has 0 heterocycles. The highest BCUT2D eigenvalue weighted by molar-refractivity contribution is 6.37. The summed E-state index contributed by atoms with van der Waals surface area (Å²) in [7, 11) is 0. The summed E-state index contributed by atoms with van der Waals surface area (Å²) in [6, 6.07) is 5.31. The molecule has 1 aromatic carbocycles. The van der Waals surface area contributed by atoms with E-state index < -0.39 is 0 Å². The second-order valence-electron chi connectivity index (χ2n) is 4.52. The number of hydrogen-bond acceptors (Lipinski definition) is 2. The van der Waals surface area contributed by atoms with Gasteiger partial charge in [0.25, 0.3) is 0 Å². The van der Waals surface area contributed by atoms with Gasteiger partial charge in [0.05, 0.1) is 16.7 Å². The number of para-hydroxylation sites is 1. The largest absolute Gasteiger partial charge is 0.490 e. The molecule has 0 aliphatic carbocycles. The van der Waals surface area contributed by atoms with Gasteiger partial charge in [0.15, 0.2) is 5.75 Å². The standard InChI is InChI=1S/C12H17Cl2NO/c1-12(2,8-15)6-7-16-11-9(13)4-3-5-10(11)14/h3-5H,6-8,15H2,1-2H3. The van der Waals surface area contributed by atoms with E-state index in [4.69, 9.17) is 33.7 Å². The summed E-state index contributed by atoms with van der Waals surface area (Å²) >= 11 is 12.0. The maximum atomic E-state index is 5.98. The summed E-state index contributed by atoms with van der Waals surface area (Å²) < 4.78 is 5.59. The van der Waals surface area contributed by atoms with Gasteiger partial charge in [0.1, 0.15) is 0 Å². The number of halogens is 2. The van der Waals surface area contributed by atoms with Crippen molar-refractivity contribution in [2.45, 2.75) is 20.3 Å². The van der Waals surface area contributed by atoms with Crippen LogP contribution in [0.4, 0.5) is 0 Å². The molecule has 0 fully saturated rings. The number of ether oxygens (including phenoxy) is 1. The van der Waals surface area contributed by atoms with Crippen LogP contribution in [0.15, 0.2) is 18.2 Å². The van der Waals surface area contributed by atoms with Crippen LogP contribution in [0, 0.1) is 5.41 Å². The number of rotatable bonds is 5. The lowest BCUT2D eigenvalue weighted by molar-refractivity contribution is 0.233. The van der Waals surface area contributed by atoms with Crippen molar-refractivity contribution in [1.82, 2.24) is 0 Å². The van der Waals surface area contributed by atoms with Crippen LogP contribution in [-0.4, -0.2) is 13.2 Å². The van der Waals surface area contributed by atoms with Crippen LogP contribution in [0.25, 0.3) is 0 Å². The molecule has 0 atom stereocenters. The van der Waals surface area contributed by atoms with E-state index in [-0.39, 0.29) is 5.41 Å². The molecule has 1 rings (SSSR count). The van der Waals surface area contributed by atoms with Gasteiger partial charge in [-0.05, 0) is 30.5 Å². The maximum absolute atomic E-state index is 5.98. The summed E-state index contributed by atoms with van der Waals surface area (Å²) in [5.41, 5.74) is 5.71. The van der Waals surface area contributed by atoms with Crippen molar-refractivity contribution in [3.8, 4) is 5.75 Å². The molecule has 0 aliphatic rings. The zero-order valence-electron chi connectivity index (χ0n) is 9.59. The predicted octanol–water partition coefficient (Wildman–Crippen LogP) is 3.75. The Labute approximate surface area is 107 Å². The topological polar surface area (TPSA) is 35.2 Å². The van der Waals surface area contributed by atoms with E-state index in [9.17, 15) is 0 Å². The fourth-order valence-electron chi connectivity index (χ4n) is 1.15. The highest BCUT2D eigenvalue weighted by Gasteiger charge is 2.16. The molecular formula is C12H17Cl2NO. The first-order valence-corrected chi connectivity index (χ1v) is 5.99. The molecule has 0 aromatic heterocycles. The molecule has 0 unspecified atom stereocenters. The highest BCUT2D eigenvalue weighted by Crippen LogP contribution is 2.32. The summed E-state index contributed by atoms with van der Waals surface area (Å²) in [6.07, 6.45) is 0.866. The molecule has 0 amide bonds. The molecule has 0 radical (unpaired) electrons. The summed E-state index contributed by atoms with van der Waals surface area (Å²) in [5.74, 6) is 0.554. The second kappa shape index (κ2) is 5.76. The van der Waals surface area contributed by atoms with Gasteiger partial charge in [0, 0.05) is 0 Å². The van der Waals surface area contributed by atoms with Crippen LogP contribution in [0.1, 0.15) is 20.3 Å². The molecule has 90 valence electrons. The average molecular weight is 262 g/mol. The molecule has 0 spiro atoms. The normalized spacial score (nSPS) is 11.6. The Balaban J connectivity index is 2.56. The van der Waals surface area contributed by atoms with Gasteiger partial charge < -0.3 is 10.5 Å². The van der Waals surface area contributed by atoms with Crippen LogP contribution in [-0.2, 0) is 0 Å². The Kier molecular flexibility index (Phi) is 4.90. The zero-order valence-corrected chi connectivity index (χ0v) is 11.1. The molecule has 4 heteroatoms. The highest BCUT2D eigenvalue weighted by atomic mass is 35.5. The quantitative estimate of drug-likeness (QED) is 0.877. The lowest BCUT2D eigenvalue weighted by Gasteiger charge is -2.22. The van der Waals surface area contributed by atoms with Crippen LogP contribution >= 0.6 is 23.2 Å². The molecule has 16 heavy (non-hydrogen) atoms. The minimum Gasteiger partial charge on any atom is -0.490 e. The SMILES string of the molecule is CC(C)(CN)CCOc1c(Cl)cccc1Cl. The maximum Gasteiger partial charge on any atom is 0.156 e. The van der Waals surface area contributed by atoms with Gasteiger partial charge in [-0.3, -0.25) is 0 Å². The fourth-order valence-corrected chi connectivity index (χ4v) is 1.66. The summed E-state index contributed by atoms with van der Waals surface area (Å²) in [6.45, 7) is 5.40. The van der Waals surface area contributed by atoms with E-state index in [1.165, 1.54) is 0 Å². The summed E-state index contributed by atoms with van der Waals surface area (Å²) in [5, 5.41) is 1.08. The van der Waals surface area contributed by atoms with Crippen molar-refractivity contribution in [2.75, 3.05) is 13.2 Å². The van der Waals surface area contributed by atoms with Crippen molar-refractivity contribution in [1.29, 1.82) is 0 Å². The van der Waals surface area contributed by atoms with Crippen molar-refractivity contribution in [3.63, 3.8) is 0 Å². The Bertz CT molecular complexity index is 333. The molecule has 0 aliphatic heterocycles. The first kappa shape index (κ1) is 13.6. The van der Waals surface area contributed by atoms with Crippen LogP contribution in [0.3, 0.4) is 0 Å². The first-order valence-electron chi connectivity index (χ1n) is 5.23. The van der Waals surface area contributed by atoms with Crippen LogP contribution in [0.5, 0.6) is 5.75 Å². The third-order valence-electron chi connectivity index (χ3n) is 2.50. The molecule has 0 saturated carbocycles. The minimum atomic E-state index is 0.0771. The average Bonchev–Trinajstić information content (AvgIpc) is 2.22. The van der Waals surface area contributed by atoms with Gasteiger partial charge in [0.2, 0.25) is 0 Å². The van der Waals surface area contributed by atoms with Gasteiger partial charge in [-0.15, -0.1) is 0 Å². The van der Waals surface area contributed by atoms with Crippen molar-refractivity contribution in [3.05, 3.63) is 28.2 Å². The number of benzene rings is 1. The van der Waals surface area contributed by atoms with Crippen LogP contribution < -0.4 is 10.5 Å². The predicted molar refractivity (Wildman–Crippen MR) is 69.4 cm³/mol. The van der Waals surface area contributed by atoms with E-state index in [1.54, 1.807) is 18.2 Å². The van der Waals surface area contributed by atoms with E-state index in [1.807, 2.05) is 0 Å². The van der Waals surface area contributed by atoms with Crippen molar-refractivity contribution < 1.29 is 4.74 Å². The van der Waals surface area contributed by atoms with Gasteiger partial charge in [-0.2, -0.15) is 0 Å². The van der Waals surface area contributed by atoms with Gasteiger partial charge in [-0.1, -0.05) is 43.1 Å². The van der Waals surface area contributed by atoms with E-state index in [0.717, 1.165) is 6.42 Å². The van der Waals surface area contributed by atoms with Crippen LogP contribution in [0.2, 0.25) is 10.0 Å². The summed E-state index contributed by atoms with van der Waals surface area (Å²) in [4.78, 5) is 0. The minimum absolute atomic E-state index is 0.0771. The van der Waals surface area contributed by atoms with E-state index in [0.29, 0.717) is 28.9 Å². The third-order valence-corrected chi connectivity index (χ3v) is 3.09. The monoisotopic (exact) mass is 261 g/mol. The molecule has 1 aromatic rings. The molecular weight excluding hydrogens is 245 g/mol. The number of nitrogens with two attached hydrogens (primary N) is 1. The zero-order chi connectivity index (χ0) is 12.2. The lowest BCUT2D eigenvalue weighted by atomic mass is 9.90. The molecule has 2 nitrogen and oxygen atoms in total. The van der Waals surface area contributed by atoms with Gasteiger partial charge in [-0.25, -0.2) is 0 Å². The smallest absolute Gasteiger partial charge is 0.156 e. The Morgan fingerprint density at radius 3 is 2.31 bits per heavy atom. The Hall–Kier alpha value is -0.440. The molecule has 0 saturated heterocycles. The number of hydrogen-bond donors (Lipinski definition) is 1. The van der Waals surface area contributed by atoms with Gasteiger partial charge >= 0.3 is 0 Å². The first-order chi connectivity index (χ1) is 7.46. The van der Waals surface area contributed by atoms with E-state index >= 15 is 0 Å². The molecule has 2 N–H and O–H groups in total. The van der Waals surface area contributed by atoms with E-state index in [2.05, 4.69) is 13.8 Å². The molecule has 0 bridgehead atoms. The van der Waals surface area contributed by atoms with Crippen molar-refractivity contribution in [2.24, 2.45) is 11.1 Å². The fraction of sp³-hybridized carbons (Fsp3) is 0.500.